The monoisotopic (exact) mass is 357 g/mol. The molecule has 1 N–H and O–H groups in total. The van der Waals surface area contributed by atoms with Crippen LogP contribution in [-0.4, -0.2) is 37.2 Å². The Hall–Kier alpha value is -2.92. The van der Waals surface area contributed by atoms with Crippen LogP contribution in [0, 0.1) is 0 Å². The maximum atomic E-state index is 3.92. The Morgan fingerprint density at radius 3 is 2.74 bits per heavy atom. The molecule has 3 heterocycles. The average molecular weight is 357 g/mol. The van der Waals surface area contributed by atoms with E-state index in [0.29, 0.717) is 6.04 Å². The van der Waals surface area contributed by atoms with Gasteiger partial charge in [0.05, 0.1) is 0 Å². The fourth-order valence-electron chi connectivity index (χ4n) is 4.24. The van der Waals surface area contributed by atoms with Gasteiger partial charge in [-0.25, -0.2) is 0 Å². The Bertz CT molecular complexity index is 1020. The molecule has 1 aliphatic heterocycles. The largest absolute Gasteiger partial charge is 0.361 e. The van der Waals surface area contributed by atoms with Gasteiger partial charge in [-0.05, 0) is 55.1 Å². The average Bonchev–Trinajstić information content (AvgIpc) is 3.45. The third-order valence-corrected chi connectivity index (χ3v) is 5.65. The van der Waals surface area contributed by atoms with Crippen molar-refractivity contribution < 1.29 is 0 Å². The van der Waals surface area contributed by atoms with Gasteiger partial charge in [0.2, 0.25) is 0 Å². The summed E-state index contributed by atoms with van der Waals surface area (Å²) < 4.78 is 1.95. The first kappa shape index (κ1) is 16.3. The summed E-state index contributed by atoms with van der Waals surface area (Å²) in [6, 6.07) is 17.9. The van der Waals surface area contributed by atoms with Crippen LogP contribution in [0.4, 0.5) is 0 Å². The van der Waals surface area contributed by atoms with Gasteiger partial charge in [-0.15, -0.1) is 10.2 Å². The van der Waals surface area contributed by atoms with Gasteiger partial charge < -0.3 is 4.98 Å². The maximum absolute atomic E-state index is 3.92. The summed E-state index contributed by atoms with van der Waals surface area (Å²) in [7, 11) is 0. The number of nitrogens with zero attached hydrogens (tertiary/aromatic N) is 4. The van der Waals surface area contributed by atoms with Crippen molar-refractivity contribution in [2.24, 2.45) is 0 Å². The molecule has 5 heteroatoms. The molecule has 5 rings (SSSR count). The molecule has 0 amide bonds. The summed E-state index contributed by atoms with van der Waals surface area (Å²) in [6.07, 6.45) is 9.30. The first-order chi connectivity index (χ1) is 13.4. The SMILES string of the molecule is c1ccc(CN2CCC[C@@H]2Cc2c[nH]c3ccc(-n4cnnc4)cc23)cc1. The van der Waals surface area contributed by atoms with Crippen molar-refractivity contribution in [3.05, 3.63) is 78.5 Å². The van der Waals surface area contributed by atoms with Gasteiger partial charge in [-0.2, -0.15) is 0 Å². The van der Waals surface area contributed by atoms with Gasteiger partial charge in [0.15, 0.2) is 0 Å². The van der Waals surface area contributed by atoms with Crippen LogP contribution in [0.1, 0.15) is 24.0 Å². The number of hydrogen-bond donors (Lipinski definition) is 1. The Balaban J connectivity index is 1.39. The Morgan fingerprint density at radius 1 is 1.04 bits per heavy atom. The summed E-state index contributed by atoms with van der Waals surface area (Å²) in [4.78, 5) is 6.08. The first-order valence-electron chi connectivity index (χ1n) is 9.60. The highest BCUT2D eigenvalue weighted by Gasteiger charge is 2.25. The molecule has 0 spiro atoms. The molecule has 0 saturated carbocycles. The molecule has 1 fully saturated rings. The van der Waals surface area contributed by atoms with Crippen LogP contribution < -0.4 is 0 Å². The number of H-pyrrole nitrogens is 1. The smallest absolute Gasteiger partial charge is 0.123 e. The molecule has 0 aliphatic carbocycles. The fraction of sp³-hybridized carbons (Fsp3) is 0.273. The second-order valence-corrected chi connectivity index (χ2v) is 7.37. The van der Waals surface area contributed by atoms with Gasteiger partial charge in [0.25, 0.3) is 0 Å². The van der Waals surface area contributed by atoms with Crippen LogP contribution in [0.5, 0.6) is 0 Å². The third-order valence-electron chi connectivity index (χ3n) is 5.65. The van der Waals surface area contributed by atoms with Gasteiger partial charge >= 0.3 is 0 Å². The summed E-state index contributed by atoms with van der Waals surface area (Å²) in [6.45, 7) is 2.23. The molecular weight excluding hydrogens is 334 g/mol. The number of aromatic amines is 1. The van der Waals surface area contributed by atoms with E-state index in [9.17, 15) is 0 Å². The van der Waals surface area contributed by atoms with Gasteiger partial charge in [0, 0.05) is 35.4 Å². The minimum absolute atomic E-state index is 0.600. The Labute approximate surface area is 158 Å². The predicted molar refractivity (Wildman–Crippen MR) is 107 cm³/mol. The molecule has 27 heavy (non-hydrogen) atoms. The molecule has 0 unspecified atom stereocenters. The maximum Gasteiger partial charge on any atom is 0.123 e. The molecular formula is C22H23N5. The second-order valence-electron chi connectivity index (χ2n) is 7.37. The number of rotatable bonds is 5. The molecule has 1 aliphatic rings. The van der Waals surface area contributed by atoms with E-state index in [1.807, 2.05) is 4.57 Å². The zero-order chi connectivity index (χ0) is 18.1. The summed E-state index contributed by atoms with van der Waals surface area (Å²) in [5.41, 5.74) is 5.08. The molecule has 136 valence electrons. The van der Waals surface area contributed by atoms with Crippen molar-refractivity contribution in [2.45, 2.75) is 31.8 Å². The second kappa shape index (κ2) is 7.00. The van der Waals surface area contributed by atoms with Crippen molar-refractivity contribution in [3.8, 4) is 5.69 Å². The highest BCUT2D eigenvalue weighted by Crippen LogP contribution is 2.28. The van der Waals surface area contributed by atoms with Crippen LogP contribution in [0.3, 0.4) is 0 Å². The van der Waals surface area contributed by atoms with E-state index in [2.05, 4.69) is 74.8 Å². The van der Waals surface area contributed by atoms with Crippen molar-refractivity contribution in [2.75, 3.05) is 6.54 Å². The van der Waals surface area contributed by atoms with E-state index in [4.69, 9.17) is 0 Å². The topological polar surface area (TPSA) is 49.7 Å². The number of aromatic nitrogens is 4. The summed E-state index contributed by atoms with van der Waals surface area (Å²) in [5.74, 6) is 0. The van der Waals surface area contributed by atoms with E-state index < -0.39 is 0 Å². The summed E-state index contributed by atoms with van der Waals surface area (Å²) >= 11 is 0. The van der Waals surface area contributed by atoms with E-state index in [0.717, 1.165) is 18.7 Å². The van der Waals surface area contributed by atoms with Crippen LogP contribution >= 0.6 is 0 Å². The molecule has 1 atom stereocenters. The molecule has 0 bridgehead atoms. The number of nitrogens with one attached hydrogen (secondary N) is 1. The minimum atomic E-state index is 0.600. The molecule has 5 nitrogen and oxygen atoms in total. The van der Waals surface area contributed by atoms with Gasteiger partial charge in [0.1, 0.15) is 12.7 Å². The predicted octanol–water partition coefficient (Wildman–Crippen LogP) is 3.96. The van der Waals surface area contributed by atoms with Crippen molar-refractivity contribution >= 4 is 10.9 Å². The fourth-order valence-corrected chi connectivity index (χ4v) is 4.24. The van der Waals surface area contributed by atoms with E-state index >= 15 is 0 Å². The lowest BCUT2D eigenvalue weighted by molar-refractivity contribution is 0.244. The van der Waals surface area contributed by atoms with Crippen LogP contribution in [0.25, 0.3) is 16.6 Å². The van der Waals surface area contributed by atoms with Crippen LogP contribution in [0.2, 0.25) is 0 Å². The van der Waals surface area contributed by atoms with E-state index in [1.54, 1.807) is 12.7 Å². The normalized spacial score (nSPS) is 17.7. The lowest BCUT2D eigenvalue weighted by Crippen LogP contribution is -2.30. The number of fused-ring (bicyclic) bond motifs is 1. The molecule has 2 aromatic carbocycles. The van der Waals surface area contributed by atoms with Crippen molar-refractivity contribution in [1.82, 2.24) is 24.6 Å². The quantitative estimate of drug-likeness (QED) is 0.588. The van der Waals surface area contributed by atoms with Crippen LogP contribution in [-0.2, 0) is 13.0 Å². The highest BCUT2D eigenvalue weighted by molar-refractivity contribution is 5.85. The van der Waals surface area contributed by atoms with Gasteiger partial charge in [-0.1, -0.05) is 30.3 Å². The van der Waals surface area contributed by atoms with Crippen molar-refractivity contribution in [3.63, 3.8) is 0 Å². The lowest BCUT2D eigenvalue weighted by atomic mass is 10.0. The van der Waals surface area contributed by atoms with E-state index in [-0.39, 0.29) is 0 Å². The lowest BCUT2D eigenvalue weighted by Gasteiger charge is -2.24. The van der Waals surface area contributed by atoms with Crippen molar-refractivity contribution in [1.29, 1.82) is 0 Å². The zero-order valence-corrected chi connectivity index (χ0v) is 15.3. The Kier molecular flexibility index (Phi) is 4.22. The molecule has 2 aromatic heterocycles. The summed E-state index contributed by atoms with van der Waals surface area (Å²) in [5, 5.41) is 9.14. The first-order valence-corrected chi connectivity index (χ1v) is 9.60. The third kappa shape index (κ3) is 3.26. The van der Waals surface area contributed by atoms with E-state index in [1.165, 1.54) is 41.4 Å². The highest BCUT2D eigenvalue weighted by atomic mass is 15.2. The molecule has 1 saturated heterocycles. The van der Waals surface area contributed by atoms with Crippen LogP contribution in [0.15, 0.2) is 67.4 Å². The number of likely N-dealkylation sites (tertiary alicyclic amines) is 1. The zero-order valence-electron chi connectivity index (χ0n) is 15.3. The number of hydrogen-bond acceptors (Lipinski definition) is 3. The van der Waals surface area contributed by atoms with Gasteiger partial charge in [-0.3, -0.25) is 9.47 Å². The number of benzene rings is 2. The molecule has 0 radical (unpaired) electrons. The Morgan fingerprint density at radius 2 is 1.89 bits per heavy atom. The molecule has 4 aromatic rings. The standard InChI is InChI=1S/C22H23N5/c1-2-5-17(6-3-1)14-26-10-4-7-19(26)11-18-13-23-22-9-8-20(12-21(18)22)27-15-24-25-16-27/h1-3,5-6,8-9,12-13,15-16,19,23H,4,7,10-11,14H2/t19-/m1/s1. The minimum Gasteiger partial charge on any atom is -0.361 e.